The molecule has 0 aliphatic heterocycles. The maximum Gasteiger partial charge on any atom is 0.249 e. The largest absolute Gasteiger partial charge is 0.549 e. The van der Waals surface area contributed by atoms with Crippen LogP contribution in [0.3, 0.4) is 0 Å². The first-order chi connectivity index (χ1) is 12.6. The molecule has 0 aliphatic carbocycles. The number of hydrogen-bond acceptors (Lipinski definition) is 3. The summed E-state index contributed by atoms with van der Waals surface area (Å²) in [6, 6.07) is 12.6. The van der Waals surface area contributed by atoms with Crippen molar-refractivity contribution >= 4 is 16.6 Å². The molecule has 1 aromatic carbocycles. The van der Waals surface area contributed by atoms with Gasteiger partial charge in [-0.15, -0.1) is 0 Å². The molecule has 0 amide bonds. The Morgan fingerprint density at radius 1 is 0.893 bits per heavy atom. The number of nitrogens with zero attached hydrogens (tertiary/aromatic N) is 1. The molecule has 3 nitrogen and oxygen atoms in total. The van der Waals surface area contributed by atoms with Gasteiger partial charge in [-0.3, -0.25) is 0 Å². The molecule has 0 aromatic heterocycles. The molecule has 0 N–H and O–H groups in total. The molecule has 0 bridgehead atoms. The summed E-state index contributed by atoms with van der Waals surface area (Å²) in [5, 5.41) is 10.3. The maximum absolute atomic E-state index is 10.2. The minimum absolute atomic E-state index is 0.0138. The number of nitriles is 1. The van der Waals surface area contributed by atoms with Crippen LogP contribution in [-0.4, -0.2) is 22.2 Å². The second-order valence-electron chi connectivity index (χ2n) is 10.7. The van der Waals surface area contributed by atoms with Crippen molar-refractivity contribution in [1.29, 1.82) is 5.26 Å². The molecule has 0 saturated carbocycles. The van der Waals surface area contributed by atoms with Crippen LogP contribution in [0.25, 0.3) is 0 Å². The standard InChI is InChI=1S/C23H39NO2Si2/c1-21(2,3)27(7,8)25-17-16-23(19-24,18-20-14-12-11-13-15-20)26-28(9,10)22(4,5)6/h11-17H,18H2,1-10H3. The van der Waals surface area contributed by atoms with Crippen LogP contribution >= 0.6 is 0 Å². The molecule has 1 unspecified atom stereocenters. The van der Waals surface area contributed by atoms with E-state index in [2.05, 4.69) is 73.8 Å². The van der Waals surface area contributed by atoms with Gasteiger partial charge in [0.15, 0.2) is 13.9 Å². The quantitative estimate of drug-likeness (QED) is 0.352. The Balaban J connectivity index is 3.27. The van der Waals surface area contributed by atoms with E-state index in [9.17, 15) is 5.26 Å². The van der Waals surface area contributed by atoms with Gasteiger partial charge in [-0.1, -0.05) is 71.9 Å². The summed E-state index contributed by atoms with van der Waals surface area (Å²) >= 11 is 0. The van der Waals surface area contributed by atoms with E-state index >= 15 is 0 Å². The van der Waals surface area contributed by atoms with Crippen LogP contribution in [0.5, 0.6) is 0 Å². The van der Waals surface area contributed by atoms with Crippen molar-refractivity contribution in [3.05, 3.63) is 48.2 Å². The summed E-state index contributed by atoms with van der Waals surface area (Å²) in [6.45, 7) is 22.0. The molecule has 1 rings (SSSR count). The molecule has 28 heavy (non-hydrogen) atoms. The van der Waals surface area contributed by atoms with Gasteiger partial charge in [0.2, 0.25) is 8.32 Å². The molecule has 1 atom stereocenters. The fourth-order valence-electron chi connectivity index (χ4n) is 2.23. The number of hydrogen-bond donors (Lipinski definition) is 0. The molecule has 156 valence electrons. The Kier molecular flexibility index (Phi) is 7.55. The summed E-state index contributed by atoms with van der Waals surface area (Å²) in [4.78, 5) is 0. The average molecular weight is 418 g/mol. The van der Waals surface area contributed by atoms with Gasteiger partial charge in [0.25, 0.3) is 0 Å². The van der Waals surface area contributed by atoms with Gasteiger partial charge in [0, 0.05) is 6.42 Å². The Hall–Kier alpha value is -1.36. The van der Waals surface area contributed by atoms with Crippen molar-refractivity contribution in [2.24, 2.45) is 0 Å². The van der Waals surface area contributed by atoms with E-state index in [-0.39, 0.29) is 10.1 Å². The number of benzene rings is 1. The fourth-order valence-corrected chi connectivity index (χ4v) is 4.39. The van der Waals surface area contributed by atoms with Crippen molar-refractivity contribution in [3.63, 3.8) is 0 Å². The molecule has 0 fully saturated rings. The highest BCUT2D eigenvalue weighted by Gasteiger charge is 2.45. The van der Waals surface area contributed by atoms with Gasteiger partial charge in [-0.25, -0.2) is 0 Å². The minimum atomic E-state index is -2.17. The van der Waals surface area contributed by atoms with E-state index < -0.39 is 22.2 Å². The summed E-state index contributed by atoms with van der Waals surface area (Å²) in [7, 11) is -4.11. The lowest BCUT2D eigenvalue weighted by molar-refractivity contribution is 0.156. The first kappa shape index (κ1) is 24.7. The molecule has 0 radical (unpaired) electrons. The fraction of sp³-hybridized carbons (Fsp3) is 0.609. The monoisotopic (exact) mass is 417 g/mol. The van der Waals surface area contributed by atoms with Gasteiger partial charge in [-0.2, -0.15) is 5.26 Å². The lowest BCUT2D eigenvalue weighted by atomic mass is 9.96. The molecule has 5 heteroatoms. The lowest BCUT2D eigenvalue weighted by Crippen LogP contribution is -2.49. The zero-order chi connectivity index (χ0) is 21.9. The van der Waals surface area contributed by atoms with Crippen molar-refractivity contribution in [3.8, 4) is 6.07 Å². The summed E-state index contributed by atoms with van der Waals surface area (Å²) in [5.74, 6) is 0. The van der Waals surface area contributed by atoms with Crippen LogP contribution in [0.4, 0.5) is 0 Å². The van der Waals surface area contributed by atoms with E-state index in [1.807, 2.05) is 36.4 Å². The lowest BCUT2D eigenvalue weighted by Gasteiger charge is -2.42. The molecule has 1 aromatic rings. The topological polar surface area (TPSA) is 42.2 Å². The molecule has 0 heterocycles. The molecule has 0 spiro atoms. The second-order valence-corrected chi connectivity index (χ2v) is 20.2. The van der Waals surface area contributed by atoms with Crippen LogP contribution in [0.2, 0.25) is 36.3 Å². The van der Waals surface area contributed by atoms with Crippen LogP contribution in [0.15, 0.2) is 42.7 Å². The summed E-state index contributed by atoms with van der Waals surface area (Å²) in [6.07, 6.45) is 4.09. The molecule has 0 saturated heterocycles. The van der Waals surface area contributed by atoms with E-state index in [4.69, 9.17) is 8.85 Å². The third-order valence-electron chi connectivity index (χ3n) is 6.25. The Morgan fingerprint density at radius 3 is 1.82 bits per heavy atom. The zero-order valence-corrected chi connectivity index (χ0v) is 21.5. The third kappa shape index (κ3) is 6.33. The molecule has 0 aliphatic rings. The van der Waals surface area contributed by atoms with E-state index in [1.54, 1.807) is 6.26 Å². The Bertz CT molecular complexity index is 707. The Labute approximate surface area is 175 Å². The van der Waals surface area contributed by atoms with Crippen LogP contribution in [-0.2, 0) is 15.3 Å². The first-order valence-corrected chi connectivity index (χ1v) is 15.9. The van der Waals surface area contributed by atoms with Gasteiger partial charge >= 0.3 is 0 Å². The van der Waals surface area contributed by atoms with Gasteiger partial charge < -0.3 is 8.85 Å². The highest BCUT2D eigenvalue weighted by Crippen LogP contribution is 2.41. The van der Waals surface area contributed by atoms with E-state index in [1.165, 1.54) is 0 Å². The predicted octanol–water partition coefficient (Wildman–Crippen LogP) is 7.05. The van der Waals surface area contributed by atoms with Crippen molar-refractivity contribution in [1.82, 2.24) is 0 Å². The zero-order valence-electron chi connectivity index (χ0n) is 19.5. The highest BCUT2D eigenvalue weighted by atomic mass is 28.4. The smallest absolute Gasteiger partial charge is 0.249 e. The SMILES string of the molecule is CC(C)(C)[Si](C)(C)OC=CC(C#N)(Cc1ccccc1)O[Si](C)(C)C(C)(C)C. The summed E-state index contributed by atoms with van der Waals surface area (Å²) < 4.78 is 12.9. The van der Waals surface area contributed by atoms with E-state index in [0.717, 1.165) is 5.56 Å². The van der Waals surface area contributed by atoms with Crippen LogP contribution in [0, 0.1) is 11.3 Å². The summed E-state index contributed by atoms with van der Waals surface area (Å²) in [5.41, 5.74) is 0.0481. The maximum atomic E-state index is 10.2. The van der Waals surface area contributed by atoms with Crippen LogP contribution < -0.4 is 0 Å². The van der Waals surface area contributed by atoms with E-state index in [0.29, 0.717) is 6.42 Å². The van der Waals surface area contributed by atoms with Crippen molar-refractivity contribution < 1.29 is 8.85 Å². The first-order valence-electron chi connectivity index (χ1n) is 10.1. The average Bonchev–Trinajstić information content (AvgIpc) is 2.53. The number of rotatable bonds is 7. The minimum Gasteiger partial charge on any atom is -0.549 e. The molecular weight excluding hydrogens is 378 g/mol. The normalized spacial score (nSPS) is 15.9. The van der Waals surface area contributed by atoms with Gasteiger partial charge in [0.1, 0.15) is 6.07 Å². The second kappa shape index (κ2) is 8.56. The predicted molar refractivity (Wildman–Crippen MR) is 124 cm³/mol. The highest BCUT2D eigenvalue weighted by molar-refractivity contribution is 6.74. The Morgan fingerprint density at radius 2 is 1.39 bits per heavy atom. The van der Waals surface area contributed by atoms with Gasteiger partial charge in [-0.05, 0) is 47.9 Å². The molecular formula is C23H39NO2Si2. The van der Waals surface area contributed by atoms with Crippen molar-refractivity contribution in [2.75, 3.05) is 0 Å². The van der Waals surface area contributed by atoms with Crippen molar-refractivity contribution in [2.45, 2.75) is 89.8 Å². The third-order valence-corrected chi connectivity index (χ3v) is 15.1. The van der Waals surface area contributed by atoms with Crippen LogP contribution in [0.1, 0.15) is 47.1 Å². The van der Waals surface area contributed by atoms with Gasteiger partial charge in [0.05, 0.1) is 6.26 Å².